The van der Waals surface area contributed by atoms with Gasteiger partial charge in [0.15, 0.2) is 0 Å². The summed E-state index contributed by atoms with van der Waals surface area (Å²) < 4.78 is 15.7. The van der Waals surface area contributed by atoms with E-state index in [-0.39, 0.29) is 12.2 Å². The van der Waals surface area contributed by atoms with E-state index in [0.29, 0.717) is 17.1 Å². The lowest BCUT2D eigenvalue weighted by molar-refractivity contribution is -0.117. The SMILES string of the molecule is CCCN1CCC(n2cc3cc(F)cc(CC(N)=O)c3n2)CC1. The largest absolute Gasteiger partial charge is 0.369 e. The molecule has 0 saturated carbocycles. The van der Waals surface area contributed by atoms with E-state index in [2.05, 4.69) is 16.9 Å². The predicted molar refractivity (Wildman–Crippen MR) is 87.6 cm³/mol. The average molecular weight is 318 g/mol. The Morgan fingerprint density at radius 3 is 2.78 bits per heavy atom. The topological polar surface area (TPSA) is 64.2 Å². The summed E-state index contributed by atoms with van der Waals surface area (Å²) in [7, 11) is 0. The lowest BCUT2D eigenvalue weighted by Gasteiger charge is -2.31. The lowest BCUT2D eigenvalue weighted by Crippen LogP contribution is -2.35. The van der Waals surface area contributed by atoms with Crippen LogP contribution in [-0.4, -0.2) is 40.2 Å². The molecule has 1 amide bonds. The van der Waals surface area contributed by atoms with Crippen molar-refractivity contribution in [3.05, 3.63) is 29.7 Å². The molecule has 1 saturated heterocycles. The van der Waals surface area contributed by atoms with E-state index in [1.165, 1.54) is 18.6 Å². The number of rotatable bonds is 5. The molecule has 0 bridgehead atoms. The Hall–Kier alpha value is -1.95. The highest BCUT2D eigenvalue weighted by Gasteiger charge is 2.21. The molecule has 1 aromatic heterocycles. The summed E-state index contributed by atoms with van der Waals surface area (Å²) in [6.07, 6.45) is 5.17. The number of nitrogens with two attached hydrogens (primary N) is 1. The van der Waals surface area contributed by atoms with Gasteiger partial charge in [0.1, 0.15) is 5.82 Å². The minimum absolute atomic E-state index is 0.0141. The highest BCUT2D eigenvalue weighted by molar-refractivity contribution is 5.87. The number of nitrogens with zero attached hydrogens (tertiary/aromatic N) is 3. The quantitative estimate of drug-likeness (QED) is 0.919. The molecule has 23 heavy (non-hydrogen) atoms. The van der Waals surface area contributed by atoms with Crippen LogP contribution >= 0.6 is 0 Å². The summed E-state index contributed by atoms with van der Waals surface area (Å²) in [6.45, 7) is 5.47. The standard InChI is InChI=1S/C17H23FN4O/c1-2-5-21-6-3-15(4-7-21)22-11-13-9-14(18)8-12(10-16(19)23)17(13)20-22/h8-9,11,15H,2-7,10H2,1H3,(H2,19,23). The molecule has 0 radical (unpaired) electrons. The molecule has 3 rings (SSSR count). The van der Waals surface area contributed by atoms with Gasteiger partial charge in [-0.3, -0.25) is 9.48 Å². The van der Waals surface area contributed by atoms with Crippen molar-refractivity contribution < 1.29 is 9.18 Å². The number of carbonyl (C=O) groups is 1. The minimum Gasteiger partial charge on any atom is -0.369 e. The van der Waals surface area contributed by atoms with E-state index in [4.69, 9.17) is 5.73 Å². The number of primary amides is 1. The number of amides is 1. The number of halogens is 1. The summed E-state index contributed by atoms with van der Waals surface area (Å²) >= 11 is 0. The van der Waals surface area contributed by atoms with Crippen LogP contribution in [0.5, 0.6) is 0 Å². The number of piperidine rings is 1. The summed E-state index contributed by atoms with van der Waals surface area (Å²) in [5, 5.41) is 5.36. The van der Waals surface area contributed by atoms with Crippen LogP contribution in [0.4, 0.5) is 4.39 Å². The molecular formula is C17H23FN4O. The number of hydrogen-bond donors (Lipinski definition) is 1. The van der Waals surface area contributed by atoms with Gasteiger partial charge in [-0.25, -0.2) is 4.39 Å². The van der Waals surface area contributed by atoms with Gasteiger partial charge in [-0.05, 0) is 43.5 Å². The summed E-state index contributed by atoms with van der Waals surface area (Å²) in [5.41, 5.74) is 6.50. The highest BCUT2D eigenvalue weighted by Crippen LogP contribution is 2.26. The zero-order chi connectivity index (χ0) is 16.4. The molecule has 0 aliphatic carbocycles. The zero-order valence-electron chi connectivity index (χ0n) is 13.5. The van der Waals surface area contributed by atoms with Gasteiger partial charge < -0.3 is 10.6 Å². The number of fused-ring (bicyclic) bond motifs is 1. The van der Waals surface area contributed by atoms with Crippen LogP contribution in [0.3, 0.4) is 0 Å². The molecule has 2 heterocycles. The van der Waals surface area contributed by atoms with Gasteiger partial charge in [0, 0.05) is 24.7 Å². The second-order valence-electron chi connectivity index (χ2n) is 6.33. The molecule has 1 aromatic carbocycles. The molecular weight excluding hydrogens is 295 g/mol. The van der Waals surface area contributed by atoms with Crippen molar-refractivity contribution in [2.75, 3.05) is 19.6 Å². The molecule has 0 atom stereocenters. The van der Waals surface area contributed by atoms with Crippen LogP contribution in [0.1, 0.15) is 37.8 Å². The maximum absolute atomic E-state index is 13.7. The minimum atomic E-state index is -0.473. The van der Waals surface area contributed by atoms with Gasteiger partial charge >= 0.3 is 0 Å². The van der Waals surface area contributed by atoms with E-state index in [1.54, 1.807) is 0 Å². The predicted octanol–water partition coefficient (Wildman–Crippen LogP) is 2.25. The number of benzene rings is 1. The summed E-state index contributed by atoms with van der Waals surface area (Å²) in [6, 6.07) is 3.16. The third-order valence-electron chi connectivity index (χ3n) is 4.51. The van der Waals surface area contributed by atoms with Crippen molar-refractivity contribution in [2.45, 2.75) is 38.6 Å². The van der Waals surface area contributed by atoms with E-state index in [1.807, 2.05) is 10.9 Å². The second-order valence-corrected chi connectivity index (χ2v) is 6.33. The molecule has 124 valence electrons. The van der Waals surface area contributed by atoms with E-state index in [9.17, 15) is 9.18 Å². The van der Waals surface area contributed by atoms with Gasteiger partial charge in [-0.1, -0.05) is 6.92 Å². The van der Waals surface area contributed by atoms with Gasteiger partial charge in [0.25, 0.3) is 0 Å². The fourth-order valence-corrected chi connectivity index (χ4v) is 3.42. The highest BCUT2D eigenvalue weighted by atomic mass is 19.1. The molecule has 0 unspecified atom stereocenters. The Morgan fingerprint density at radius 1 is 1.39 bits per heavy atom. The Bertz CT molecular complexity index is 704. The first-order valence-electron chi connectivity index (χ1n) is 8.24. The zero-order valence-corrected chi connectivity index (χ0v) is 13.5. The van der Waals surface area contributed by atoms with Crippen LogP contribution in [0.25, 0.3) is 10.9 Å². The third-order valence-corrected chi connectivity index (χ3v) is 4.51. The Morgan fingerprint density at radius 2 is 2.13 bits per heavy atom. The number of likely N-dealkylation sites (tertiary alicyclic amines) is 1. The average Bonchev–Trinajstić information content (AvgIpc) is 2.91. The fourth-order valence-electron chi connectivity index (χ4n) is 3.42. The van der Waals surface area contributed by atoms with Crippen LogP contribution in [0.2, 0.25) is 0 Å². The van der Waals surface area contributed by atoms with E-state index in [0.717, 1.165) is 37.9 Å². The van der Waals surface area contributed by atoms with Gasteiger partial charge in [-0.15, -0.1) is 0 Å². The van der Waals surface area contributed by atoms with Gasteiger partial charge in [0.2, 0.25) is 5.91 Å². The lowest BCUT2D eigenvalue weighted by atomic mass is 10.1. The first kappa shape index (κ1) is 15.9. The molecule has 5 nitrogen and oxygen atoms in total. The molecule has 1 fully saturated rings. The van der Waals surface area contributed by atoms with Crippen molar-refractivity contribution in [1.29, 1.82) is 0 Å². The Balaban J connectivity index is 1.84. The molecule has 6 heteroatoms. The molecule has 0 spiro atoms. The van der Waals surface area contributed by atoms with Crippen molar-refractivity contribution in [3.8, 4) is 0 Å². The molecule has 1 aliphatic heterocycles. The normalized spacial score (nSPS) is 17.0. The number of carbonyl (C=O) groups excluding carboxylic acids is 1. The van der Waals surface area contributed by atoms with Crippen molar-refractivity contribution in [1.82, 2.24) is 14.7 Å². The van der Waals surface area contributed by atoms with Crippen LogP contribution in [0.15, 0.2) is 18.3 Å². The summed E-state index contributed by atoms with van der Waals surface area (Å²) in [5.74, 6) is -0.828. The van der Waals surface area contributed by atoms with Crippen molar-refractivity contribution >= 4 is 16.8 Å². The van der Waals surface area contributed by atoms with Crippen molar-refractivity contribution in [2.24, 2.45) is 5.73 Å². The molecule has 2 N–H and O–H groups in total. The van der Waals surface area contributed by atoms with Crippen LogP contribution in [0, 0.1) is 5.82 Å². The van der Waals surface area contributed by atoms with Crippen LogP contribution < -0.4 is 5.73 Å². The Kier molecular flexibility index (Phi) is 4.61. The number of aromatic nitrogens is 2. The van der Waals surface area contributed by atoms with Gasteiger partial charge in [0.05, 0.1) is 18.0 Å². The van der Waals surface area contributed by atoms with Gasteiger partial charge in [-0.2, -0.15) is 5.10 Å². The molecule has 2 aromatic rings. The maximum atomic E-state index is 13.7. The second kappa shape index (κ2) is 6.66. The Labute approximate surface area is 135 Å². The third kappa shape index (κ3) is 3.52. The first-order chi connectivity index (χ1) is 11.1. The smallest absolute Gasteiger partial charge is 0.221 e. The van der Waals surface area contributed by atoms with Crippen molar-refractivity contribution in [3.63, 3.8) is 0 Å². The van der Waals surface area contributed by atoms with E-state index >= 15 is 0 Å². The fraction of sp³-hybridized carbons (Fsp3) is 0.529. The number of hydrogen-bond acceptors (Lipinski definition) is 3. The van der Waals surface area contributed by atoms with Crippen LogP contribution in [-0.2, 0) is 11.2 Å². The summed E-state index contributed by atoms with van der Waals surface area (Å²) in [4.78, 5) is 13.7. The molecule has 1 aliphatic rings. The van der Waals surface area contributed by atoms with E-state index < -0.39 is 5.91 Å². The first-order valence-corrected chi connectivity index (χ1v) is 8.24. The monoisotopic (exact) mass is 318 g/mol. The maximum Gasteiger partial charge on any atom is 0.221 e.